The van der Waals surface area contributed by atoms with Gasteiger partial charge in [-0.25, -0.2) is 4.39 Å². The van der Waals surface area contributed by atoms with Crippen molar-refractivity contribution in [3.05, 3.63) is 30.1 Å². The molecule has 0 fully saturated rings. The summed E-state index contributed by atoms with van der Waals surface area (Å²) in [7, 11) is 0. The monoisotopic (exact) mass is 210 g/mol. The van der Waals surface area contributed by atoms with Crippen LogP contribution in [0.15, 0.2) is 24.3 Å². The molecule has 4 heteroatoms. The molecular weight excluding hydrogens is 195 g/mol. The Labute approximate surface area is 88.6 Å². The highest BCUT2D eigenvalue weighted by Crippen LogP contribution is 2.16. The number of nitrogens with one attached hydrogen (secondary N) is 1. The van der Waals surface area contributed by atoms with Gasteiger partial charge in [-0.1, -0.05) is 13.0 Å². The maximum atomic E-state index is 12.8. The molecule has 1 rings (SSSR count). The van der Waals surface area contributed by atoms with Gasteiger partial charge in [0.25, 0.3) is 0 Å². The zero-order valence-electron chi connectivity index (χ0n) is 8.66. The lowest BCUT2D eigenvalue weighted by Gasteiger charge is -2.16. The van der Waals surface area contributed by atoms with Crippen LogP contribution in [0.1, 0.15) is 19.8 Å². The van der Waals surface area contributed by atoms with Crippen molar-refractivity contribution >= 4 is 5.84 Å². The van der Waals surface area contributed by atoms with Crippen LogP contribution in [-0.2, 0) is 0 Å². The highest BCUT2D eigenvalue weighted by atomic mass is 19.1. The third-order valence-corrected chi connectivity index (χ3v) is 2.00. The Balaban J connectivity index is 2.62. The van der Waals surface area contributed by atoms with E-state index in [1.807, 2.05) is 6.92 Å². The van der Waals surface area contributed by atoms with Gasteiger partial charge in [0.1, 0.15) is 17.7 Å². The molecule has 82 valence electrons. The molecule has 0 aliphatic rings. The van der Waals surface area contributed by atoms with Crippen LogP contribution in [-0.4, -0.2) is 11.9 Å². The number of nitrogens with two attached hydrogens (primary N) is 1. The van der Waals surface area contributed by atoms with Gasteiger partial charge < -0.3 is 10.5 Å². The maximum Gasteiger partial charge on any atom is 0.126 e. The molecule has 3 nitrogen and oxygen atoms in total. The molecule has 0 amide bonds. The minimum Gasteiger partial charge on any atom is -0.490 e. The predicted octanol–water partition coefficient (Wildman–Crippen LogP) is 2.31. The maximum absolute atomic E-state index is 12.8. The Morgan fingerprint density at radius 3 is 2.87 bits per heavy atom. The zero-order chi connectivity index (χ0) is 11.3. The zero-order valence-corrected chi connectivity index (χ0v) is 8.66. The van der Waals surface area contributed by atoms with Gasteiger partial charge in [-0.05, 0) is 18.6 Å². The number of rotatable bonds is 5. The summed E-state index contributed by atoms with van der Waals surface area (Å²) in [5, 5.41) is 7.16. The van der Waals surface area contributed by atoms with E-state index >= 15 is 0 Å². The first kappa shape index (κ1) is 11.5. The molecule has 1 aromatic carbocycles. The van der Waals surface area contributed by atoms with Crippen molar-refractivity contribution in [3.8, 4) is 5.75 Å². The fourth-order valence-corrected chi connectivity index (χ4v) is 1.25. The minimum absolute atomic E-state index is 0.0817. The van der Waals surface area contributed by atoms with Crippen molar-refractivity contribution in [1.29, 1.82) is 5.41 Å². The average Bonchev–Trinajstić information content (AvgIpc) is 2.16. The highest BCUT2D eigenvalue weighted by molar-refractivity contribution is 5.77. The molecule has 1 unspecified atom stereocenters. The van der Waals surface area contributed by atoms with Crippen LogP contribution in [0.5, 0.6) is 5.75 Å². The molecule has 0 bridgehead atoms. The van der Waals surface area contributed by atoms with E-state index in [2.05, 4.69) is 0 Å². The molecular formula is C11H15FN2O. The van der Waals surface area contributed by atoms with Gasteiger partial charge in [-0.3, -0.25) is 5.41 Å². The van der Waals surface area contributed by atoms with Crippen molar-refractivity contribution in [2.45, 2.75) is 25.9 Å². The van der Waals surface area contributed by atoms with E-state index in [-0.39, 0.29) is 17.8 Å². The number of benzene rings is 1. The van der Waals surface area contributed by atoms with Crippen molar-refractivity contribution < 1.29 is 9.13 Å². The summed E-state index contributed by atoms with van der Waals surface area (Å²) in [6, 6.07) is 5.96. The Hall–Kier alpha value is -1.58. The van der Waals surface area contributed by atoms with E-state index in [0.29, 0.717) is 12.2 Å². The van der Waals surface area contributed by atoms with Crippen LogP contribution in [0.25, 0.3) is 0 Å². The third kappa shape index (κ3) is 3.97. The van der Waals surface area contributed by atoms with Crippen molar-refractivity contribution in [1.82, 2.24) is 0 Å². The van der Waals surface area contributed by atoms with Crippen LogP contribution in [0, 0.1) is 11.2 Å². The number of amidine groups is 1. The standard InChI is InChI=1S/C11H15FN2O/c1-2-9(7-11(13)14)15-10-5-3-4-8(12)6-10/h3-6,9H,2,7H2,1H3,(H3,13,14). The third-order valence-electron chi connectivity index (χ3n) is 2.00. The summed E-state index contributed by atoms with van der Waals surface area (Å²) < 4.78 is 18.3. The molecule has 0 radical (unpaired) electrons. The van der Waals surface area contributed by atoms with Crippen molar-refractivity contribution in [2.75, 3.05) is 0 Å². The second-order valence-electron chi connectivity index (χ2n) is 3.33. The minimum atomic E-state index is -0.329. The second-order valence-corrected chi connectivity index (χ2v) is 3.33. The van der Waals surface area contributed by atoms with Crippen LogP contribution >= 0.6 is 0 Å². The second kappa shape index (κ2) is 5.34. The fourth-order valence-electron chi connectivity index (χ4n) is 1.25. The van der Waals surface area contributed by atoms with E-state index in [0.717, 1.165) is 6.42 Å². The fraction of sp³-hybridized carbons (Fsp3) is 0.364. The highest BCUT2D eigenvalue weighted by Gasteiger charge is 2.09. The van der Waals surface area contributed by atoms with Crippen molar-refractivity contribution in [2.24, 2.45) is 5.73 Å². The largest absolute Gasteiger partial charge is 0.490 e. The average molecular weight is 210 g/mol. The number of halogens is 1. The van der Waals surface area contributed by atoms with Gasteiger partial charge in [-0.2, -0.15) is 0 Å². The molecule has 0 aliphatic heterocycles. The van der Waals surface area contributed by atoms with Gasteiger partial charge in [0.15, 0.2) is 0 Å². The van der Waals surface area contributed by atoms with Gasteiger partial charge in [0.2, 0.25) is 0 Å². The van der Waals surface area contributed by atoms with E-state index in [1.165, 1.54) is 12.1 Å². The lowest BCUT2D eigenvalue weighted by molar-refractivity contribution is 0.204. The smallest absolute Gasteiger partial charge is 0.126 e. The first-order valence-corrected chi connectivity index (χ1v) is 4.87. The molecule has 0 aliphatic carbocycles. The van der Waals surface area contributed by atoms with Gasteiger partial charge >= 0.3 is 0 Å². The molecule has 15 heavy (non-hydrogen) atoms. The molecule has 1 atom stereocenters. The Kier molecular flexibility index (Phi) is 4.09. The van der Waals surface area contributed by atoms with Crippen LogP contribution in [0.3, 0.4) is 0 Å². The van der Waals surface area contributed by atoms with Gasteiger partial charge in [0, 0.05) is 12.5 Å². The first-order valence-electron chi connectivity index (χ1n) is 4.87. The summed E-state index contributed by atoms with van der Waals surface area (Å²) in [4.78, 5) is 0. The van der Waals surface area contributed by atoms with Crippen LogP contribution < -0.4 is 10.5 Å². The number of hydrogen-bond donors (Lipinski definition) is 2. The van der Waals surface area contributed by atoms with Crippen LogP contribution in [0.2, 0.25) is 0 Å². The molecule has 1 aromatic rings. The first-order chi connectivity index (χ1) is 7.11. The topological polar surface area (TPSA) is 59.1 Å². The normalized spacial score (nSPS) is 12.1. The summed E-state index contributed by atoms with van der Waals surface area (Å²) in [5.74, 6) is 0.228. The molecule has 0 heterocycles. The molecule has 0 saturated carbocycles. The molecule has 0 spiro atoms. The van der Waals surface area contributed by atoms with Gasteiger partial charge in [0.05, 0.1) is 5.84 Å². The SMILES string of the molecule is CCC(CC(=N)N)Oc1cccc(F)c1. The number of ether oxygens (including phenoxy) is 1. The Morgan fingerprint density at radius 2 is 2.33 bits per heavy atom. The van der Waals surface area contributed by atoms with E-state index < -0.39 is 0 Å². The van der Waals surface area contributed by atoms with E-state index in [9.17, 15) is 4.39 Å². The lowest BCUT2D eigenvalue weighted by Crippen LogP contribution is -2.23. The quantitative estimate of drug-likeness (QED) is 0.578. The van der Waals surface area contributed by atoms with Crippen LogP contribution in [0.4, 0.5) is 4.39 Å². The predicted molar refractivity (Wildman–Crippen MR) is 57.6 cm³/mol. The molecule has 0 saturated heterocycles. The molecule has 3 N–H and O–H groups in total. The van der Waals surface area contributed by atoms with Gasteiger partial charge in [-0.15, -0.1) is 0 Å². The molecule has 0 aromatic heterocycles. The Bertz CT molecular complexity index is 341. The summed E-state index contributed by atoms with van der Waals surface area (Å²) in [6.45, 7) is 1.94. The summed E-state index contributed by atoms with van der Waals surface area (Å²) in [6.07, 6.45) is 0.938. The Morgan fingerprint density at radius 1 is 1.60 bits per heavy atom. The summed E-state index contributed by atoms with van der Waals surface area (Å²) in [5.41, 5.74) is 5.28. The summed E-state index contributed by atoms with van der Waals surface area (Å²) >= 11 is 0. The van der Waals surface area contributed by atoms with E-state index in [4.69, 9.17) is 15.9 Å². The van der Waals surface area contributed by atoms with Crippen molar-refractivity contribution in [3.63, 3.8) is 0 Å². The number of hydrogen-bond acceptors (Lipinski definition) is 2. The lowest BCUT2D eigenvalue weighted by atomic mass is 10.2. The van der Waals surface area contributed by atoms with E-state index in [1.54, 1.807) is 12.1 Å².